The largest absolute Gasteiger partial charge is 0.369 e. The molecule has 154 valence electrons. The maximum atomic E-state index is 13.4. The van der Waals surface area contributed by atoms with Gasteiger partial charge in [-0.25, -0.2) is 0 Å². The van der Waals surface area contributed by atoms with Gasteiger partial charge in [-0.1, -0.05) is 48.5 Å². The normalized spacial score (nSPS) is 27.8. The van der Waals surface area contributed by atoms with Gasteiger partial charge in [0.25, 0.3) is 0 Å². The van der Waals surface area contributed by atoms with Crippen molar-refractivity contribution in [2.24, 2.45) is 0 Å². The number of carbonyl (C=O) groups excluding carboxylic acids is 1. The van der Waals surface area contributed by atoms with Crippen molar-refractivity contribution < 1.29 is 23.5 Å². The molecular formula is C22H25NO5S. The van der Waals surface area contributed by atoms with Gasteiger partial charge in [0.1, 0.15) is 11.8 Å². The highest BCUT2D eigenvalue weighted by atomic mass is 32.2. The molecule has 2 aromatic rings. The van der Waals surface area contributed by atoms with E-state index in [9.17, 15) is 4.79 Å². The van der Waals surface area contributed by atoms with Gasteiger partial charge in [0, 0.05) is 0 Å². The second-order valence-corrected chi connectivity index (χ2v) is 9.02. The third-order valence-corrected chi connectivity index (χ3v) is 6.30. The van der Waals surface area contributed by atoms with Gasteiger partial charge in [0.05, 0.1) is 31.3 Å². The third kappa shape index (κ3) is 3.88. The molecule has 1 amide bonds. The molecule has 0 aliphatic carbocycles. The summed E-state index contributed by atoms with van der Waals surface area (Å²) in [4.78, 5) is 20.5. The van der Waals surface area contributed by atoms with Crippen molar-refractivity contribution in [3.05, 3.63) is 66.2 Å². The average molecular weight is 416 g/mol. The Morgan fingerprint density at radius 2 is 1.72 bits per heavy atom. The number of hydrogen-bond donors (Lipinski definition) is 0. The fraction of sp³-hybridized carbons (Fsp3) is 0.409. The standard InChI is InChI=1S/C22H25NO5S/c1-21(2)23-18(15-26-21)19(25-14-16-10-6-4-7-11-16)22(3,20(23)24)29-28-27-17-12-8-5-9-13-17/h4-13,18-19H,14-15H2,1-3H3. The first-order valence-corrected chi connectivity index (χ1v) is 10.4. The number of nitrogens with zero attached hydrogens (tertiary/aromatic N) is 1. The maximum Gasteiger partial charge on any atom is 0.246 e. The minimum atomic E-state index is -0.963. The quantitative estimate of drug-likeness (QED) is 0.388. The summed E-state index contributed by atoms with van der Waals surface area (Å²) in [5, 5.41) is 0. The number of carbonyl (C=O) groups is 1. The van der Waals surface area contributed by atoms with Crippen LogP contribution in [0, 0.1) is 0 Å². The zero-order valence-corrected chi connectivity index (χ0v) is 17.6. The predicted octanol–water partition coefficient (Wildman–Crippen LogP) is 3.97. The molecular weight excluding hydrogens is 390 g/mol. The van der Waals surface area contributed by atoms with E-state index in [0.717, 1.165) is 17.6 Å². The Hall–Kier alpha value is -2.06. The van der Waals surface area contributed by atoms with Gasteiger partial charge < -0.3 is 19.3 Å². The van der Waals surface area contributed by atoms with Gasteiger partial charge in [-0.3, -0.25) is 4.79 Å². The SMILES string of the molecule is CC1(SOOc2ccccc2)C(=O)N2C(COC2(C)C)C1OCc1ccccc1. The molecule has 0 N–H and O–H groups in total. The van der Waals surface area contributed by atoms with E-state index in [4.69, 9.17) is 18.7 Å². The Bertz CT molecular complexity index is 847. The number of hydrogen-bond acceptors (Lipinski definition) is 6. The Morgan fingerprint density at radius 3 is 2.41 bits per heavy atom. The van der Waals surface area contributed by atoms with E-state index in [-0.39, 0.29) is 11.9 Å². The van der Waals surface area contributed by atoms with Gasteiger partial charge in [0.15, 0.2) is 10.5 Å². The maximum absolute atomic E-state index is 13.4. The van der Waals surface area contributed by atoms with Gasteiger partial charge in [-0.2, -0.15) is 0 Å². The van der Waals surface area contributed by atoms with Crippen LogP contribution in [0.1, 0.15) is 26.3 Å². The zero-order valence-electron chi connectivity index (χ0n) is 16.7. The van der Waals surface area contributed by atoms with Crippen LogP contribution < -0.4 is 4.89 Å². The number of rotatable bonds is 7. The number of benzene rings is 2. The molecule has 6 nitrogen and oxygen atoms in total. The van der Waals surface area contributed by atoms with Crippen LogP contribution in [0.3, 0.4) is 0 Å². The van der Waals surface area contributed by atoms with Gasteiger partial charge in [-0.05, 0) is 38.5 Å². The minimum absolute atomic E-state index is 0.0790. The summed E-state index contributed by atoms with van der Waals surface area (Å²) < 4.78 is 16.6. The first kappa shape index (κ1) is 20.2. The van der Waals surface area contributed by atoms with E-state index in [1.165, 1.54) is 0 Å². The van der Waals surface area contributed by atoms with Crippen molar-refractivity contribution in [2.45, 2.75) is 50.0 Å². The molecule has 0 aromatic heterocycles. The number of para-hydroxylation sites is 1. The Balaban J connectivity index is 1.52. The second-order valence-electron chi connectivity index (χ2n) is 7.87. The lowest BCUT2D eigenvalue weighted by atomic mass is 10.0. The van der Waals surface area contributed by atoms with Crippen molar-refractivity contribution >= 4 is 17.9 Å². The Morgan fingerprint density at radius 1 is 1.07 bits per heavy atom. The second kappa shape index (κ2) is 7.99. The molecule has 4 rings (SSSR count). The molecule has 29 heavy (non-hydrogen) atoms. The fourth-order valence-electron chi connectivity index (χ4n) is 3.90. The summed E-state index contributed by atoms with van der Waals surface area (Å²) in [5.41, 5.74) is 0.361. The van der Waals surface area contributed by atoms with Crippen molar-refractivity contribution in [3.8, 4) is 5.75 Å². The first-order chi connectivity index (χ1) is 13.9. The van der Waals surface area contributed by atoms with Gasteiger partial charge in [0.2, 0.25) is 5.91 Å². The smallest absolute Gasteiger partial charge is 0.246 e. The van der Waals surface area contributed by atoms with Crippen molar-refractivity contribution in [2.75, 3.05) is 6.61 Å². The minimum Gasteiger partial charge on any atom is -0.369 e. The highest BCUT2D eigenvalue weighted by Gasteiger charge is 2.65. The monoisotopic (exact) mass is 415 g/mol. The molecule has 2 aliphatic heterocycles. The molecule has 2 fully saturated rings. The average Bonchev–Trinajstić information content (AvgIpc) is 3.14. The number of amides is 1. The van der Waals surface area contributed by atoms with Crippen LogP contribution in [0.5, 0.6) is 5.75 Å². The molecule has 3 atom stereocenters. The molecule has 0 spiro atoms. The summed E-state index contributed by atoms with van der Waals surface area (Å²) in [6.07, 6.45) is -0.415. The lowest BCUT2D eigenvalue weighted by Crippen LogP contribution is -2.47. The van der Waals surface area contributed by atoms with Crippen LogP contribution in [0.2, 0.25) is 0 Å². The highest BCUT2D eigenvalue weighted by Crippen LogP contribution is 2.48. The Labute approximate surface area is 175 Å². The zero-order chi connectivity index (χ0) is 20.5. The Kier molecular flexibility index (Phi) is 5.57. The van der Waals surface area contributed by atoms with Crippen LogP contribution in [-0.2, 0) is 25.2 Å². The molecule has 2 aliphatic rings. The van der Waals surface area contributed by atoms with Crippen LogP contribution in [-0.4, -0.2) is 40.0 Å². The summed E-state index contributed by atoms with van der Waals surface area (Å²) >= 11 is 0.996. The predicted molar refractivity (Wildman–Crippen MR) is 110 cm³/mol. The molecule has 0 radical (unpaired) electrons. The lowest BCUT2D eigenvalue weighted by Gasteiger charge is -2.31. The van der Waals surface area contributed by atoms with Crippen LogP contribution in [0.4, 0.5) is 0 Å². The fourth-order valence-corrected chi connectivity index (χ4v) is 4.64. The molecule has 0 bridgehead atoms. The first-order valence-electron chi connectivity index (χ1n) is 9.62. The summed E-state index contributed by atoms with van der Waals surface area (Å²) in [6.45, 7) is 6.47. The van der Waals surface area contributed by atoms with Gasteiger partial charge in [-0.15, -0.1) is 4.33 Å². The molecule has 2 aromatic carbocycles. The molecule has 2 heterocycles. The van der Waals surface area contributed by atoms with E-state index in [1.54, 1.807) is 17.0 Å². The van der Waals surface area contributed by atoms with E-state index in [2.05, 4.69) is 0 Å². The molecule has 3 unspecified atom stereocenters. The van der Waals surface area contributed by atoms with Crippen LogP contribution in [0.25, 0.3) is 0 Å². The van der Waals surface area contributed by atoms with Crippen molar-refractivity contribution in [3.63, 3.8) is 0 Å². The van der Waals surface area contributed by atoms with Crippen LogP contribution >= 0.6 is 12.0 Å². The van der Waals surface area contributed by atoms with Crippen LogP contribution in [0.15, 0.2) is 60.7 Å². The molecule has 2 saturated heterocycles. The number of fused-ring (bicyclic) bond motifs is 1. The highest BCUT2D eigenvalue weighted by molar-refractivity contribution is 7.96. The summed E-state index contributed by atoms with van der Waals surface area (Å²) in [7, 11) is 0. The van der Waals surface area contributed by atoms with E-state index in [1.807, 2.05) is 69.3 Å². The lowest BCUT2D eigenvalue weighted by molar-refractivity contribution is -0.144. The number of ether oxygens (including phenoxy) is 2. The van der Waals surface area contributed by atoms with Crippen molar-refractivity contribution in [1.82, 2.24) is 4.90 Å². The van der Waals surface area contributed by atoms with E-state index < -0.39 is 16.6 Å². The molecule has 7 heteroatoms. The van der Waals surface area contributed by atoms with E-state index in [0.29, 0.717) is 19.0 Å². The summed E-state index contributed by atoms with van der Waals surface area (Å²) in [6, 6.07) is 18.9. The molecule has 0 saturated carbocycles. The topological polar surface area (TPSA) is 57.2 Å². The summed E-state index contributed by atoms with van der Waals surface area (Å²) in [5.74, 6) is 0.490. The van der Waals surface area contributed by atoms with E-state index >= 15 is 0 Å². The van der Waals surface area contributed by atoms with Crippen molar-refractivity contribution in [1.29, 1.82) is 0 Å². The third-order valence-electron chi connectivity index (χ3n) is 5.41. The van der Waals surface area contributed by atoms with Gasteiger partial charge >= 0.3 is 0 Å².